The fourth-order valence-electron chi connectivity index (χ4n) is 4.22. The molecule has 1 aromatic carbocycles. The van der Waals surface area contributed by atoms with Crippen molar-refractivity contribution >= 4 is 17.8 Å². The summed E-state index contributed by atoms with van der Waals surface area (Å²) in [5.41, 5.74) is 0.0647. The quantitative estimate of drug-likeness (QED) is 0.786. The van der Waals surface area contributed by atoms with Crippen LogP contribution in [0.1, 0.15) is 35.8 Å². The summed E-state index contributed by atoms with van der Waals surface area (Å²) in [7, 11) is 0. The van der Waals surface area contributed by atoms with E-state index in [1.54, 1.807) is 48.4 Å². The molecule has 1 atom stereocenters. The first-order valence-electron chi connectivity index (χ1n) is 9.97. The molecule has 2 aliphatic heterocycles. The molecule has 0 saturated carbocycles. The molecule has 0 unspecified atom stereocenters. The molecular formula is C22H23FN4O3. The van der Waals surface area contributed by atoms with Crippen LogP contribution in [-0.2, 0) is 11.3 Å². The number of pyridine rings is 1. The van der Waals surface area contributed by atoms with Crippen molar-refractivity contribution < 1.29 is 18.8 Å². The Kier molecular flexibility index (Phi) is 5.24. The smallest absolute Gasteiger partial charge is 0.325 e. The van der Waals surface area contributed by atoms with Gasteiger partial charge >= 0.3 is 6.03 Å². The Bertz CT molecular complexity index is 958. The maximum absolute atomic E-state index is 13.1. The van der Waals surface area contributed by atoms with E-state index >= 15 is 0 Å². The molecule has 156 valence electrons. The highest BCUT2D eigenvalue weighted by Crippen LogP contribution is 2.34. The highest BCUT2D eigenvalue weighted by molar-refractivity contribution is 6.07. The van der Waals surface area contributed by atoms with Gasteiger partial charge in [0.1, 0.15) is 17.1 Å². The number of hydrogen-bond acceptors (Lipinski definition) is 4. The normalized spacial score (nSPS) is 22.3. The Morgan fingerprint density at radius 2 is 1.87 bits per heavy atom. The van der Waals surface area contributed by atoms with E-state index in [9.17, 15) is 18.8 Å². The van der Waals surface area contributed by atoms with E-state index in [1.165, 1.54) is 17.0 Å². The first-order valence-corrected chi connectivity index (χ1v) is 9.97. The summed E-state index contributed by atoms with van der Waals surface area (Å²) in [5.74, 6) is -0.863. The molecule has 4 amide bonds. The van der Waals surface area contributed by atoms with Gasteiger partial charge in [0.25, 0.3) is 11.8 Å². The molecule has 7 nitrogen and oxygen atoms in total. The molecule has 0 radical (unpaired) electrons. The van der Waals surface area contributed by atoms with Gasteiger partial charge in [-0.1, -0.05) is 18.2 Å². The Labute approximate surface area is 173 Å². The van der Waals surface area contributed by atoms with Gasteiger partial charge in [-0.15, -0.1) is 0 Å². The molecule has 30 heavy (non-hydrogen) atoms. The van der Waals surface area contributed by atoms with Crippen LogP contribution in [0.5, 0.6) is 0 Å². The van der Waals surface area contributed by atoms with Crippen LogP contribution in [0, 0.1) is 11.7 Å². The van der Waals surface area contributed by atoms with Crippen LogP contribution in [0.2, 0.25) is 0 Å². The van der Waals surface area contributed by atoms with E-state index in [1.807, 2.05) is 0 Å². The number of hydrogen-bond donors (Lipinski definition) is 1. The fourth-order valence-corrected chi connectivity index (χ4v) is 4.22. The SMILES string of the molecule is C[C@@]1(C2CCN(C(=O)c3ccccn3)CC2)NC(=O)N(Cc2ccc(F)cc2)C1=O. The van der Waals surface area contributed by atoms with E-state index in [0.29, 0.717) is 37.2 Å². The summed E-state index contributed by atoms with van der Waals surface area (Å²) >= 11 is 0. The van der Waals surface area contributed by atoms with Crippen LogP contribution in [-0.4, -0.2) is 51.3 Å². The summed E-state index contributed by atoms with van der Waals surface area (Å²) in [6, 6.07) is 10.5. The number of carbonyl (C=O) groups is 3. The topological polar surface area (TPSA) is 82.6 Å². The van der Waals surface area contributed by atoms with Crippen molar-refractivity contribution in [2.45, 2.75) is 31.8 Å². The Morgan fingerprint density at radius 3 is 2.50 bits per heavy atom. The predicted octanol–water partition coefficient (Wildman–Crippen LogP) is 2.58. The predicted molar refractivity (Wildman–Crippen MR) is 107 cm³/mol. The number of imide groups is 1. The van der Waals surface area contributed by atoms with Gasteiger partial charge in [-0.2, -0.15) is 0 Å². The highest BCUT2D eigenvalue weighted by Gasteiger charge is 2.52. The van der Waals surface area contributed by atoms with Crippen LogP contribution in [0.3, 0.4) is 0 Å². The number of piperidine rings is 1. The average molecular weight is 410 g/mol. The van der Waals surface area contributed by atoms with E-state index in [-0.39, 0.29) is 30.1 Å². The zero-order valence-electron chi connectivity index (χ0n) is 16.7. The molecule has 0 aliphatic carbocycles. The van der Waals surface area contributed by atoms with Crippen molar-refractivity contribution in [1.82, 2.24) is 20.1 Å². The molecule has 4 rings (SSSR count). The Balaban J connectivity index is 1.42. The van der Waals surface area contributed by atoms with Gasteiger partial charge in [0.2, 0.25) is 0 Å². The van der Waals surface area contributed by atoms with E-state index in [2.05, 4.69) is 10.3 Å². The maximum atomic E-state index is 13.1. The third-order valence-corrected chi connectivity index (χ3v) is 6.04. The number of likely N-dealkylation sites (tertiary alicyclic amines) is 1. The molecular weight excluding hydrogens is 387 g/mol. The number of rotatable bonds is 4. The zero-order chi connectivity index (χ0) is 21.3. The summed E-state index contributed by atoms with van der Waals surface area (Å²) < 4.78 is 13.1. The first kappa shape index (κ1) is 20.0. The van der Waals surface area contributed by atoms with Crippen LogP contribution >= 0.6 is 0 Å². The van der Waals surface area contributed by atoms with Gasteiger partial charge < -0.3 is 10.2 Å². The molecule has 3 heterocycles. The lowest BCUT2D eigenvalue weighted by Gasteiger charge is -2.38. The molecule has 2 aliphatic rings. The minimum Gasteiger partial charge on any atom is -0.337 e. The number of benzene rings is 1. The molecule has 2 saturated heterocycles. The van der Waals surface area contributed by atoms with Gasteiger partial charge in [-0.3, -0.25) is 19.5 Å². The standard InChI is InChI=1S/C22H23FN4O3/c1-22(16-9-12-26(13-10-16)19(28)18-4-2-3-11-24-18)20(29)27(21(30)25-22)14-15-5-7-17(23)8-6-15/h2-8,11,16H,9-10,12-14H2,1H3,(H,25,30)/t22-/m0/s1. The maximum Gasteiger partial charge on any atom is 0.325 e. The number of carbonyl (C=O) groups excluding carboxylic acids is 3. The summed E-state index contributed by atoms with van der Waals surface area (Å²) in [6.07, 6.45) is 2.79. The second-order valence-electron chi connectivity index (χ2n) is 7.93. The molecule has 2 fully saturated rings. The largest absolute Gasteiger partial charge is 0.337 e. The third-order valence-electron chi connectivity index (χ3n) is 6.04. The molecule has 0 spiro atoms. The van der Waals surface area contributed by atoms with Crippen LogP contribution < -0.4 is 5.32 Å². The number of urea groups is 1. The van der Waals surface area contributed by atoms with Crippen molar-refractivity contribution in [3.8, 4) is 0 Å². The van der Waals surface area contributed by atoms with E-state index < -0.39 is 11.6 Å². The average Bonchev–Trinajstić information content (AvgIpc) is 2.99. The van der Waals surface area contributed by atoms with Gasteiger partial charge in [0.15, 0.2) is 0 Å². The van der Waals surface area contributed by atoms with Crippen molar-refractivity contribution in [3.63, 3.8) is 0 Å². The molecule has 1 N–H and O–H groups in total. The Hall–Kier alpha value is -3.29. The second kappa shape index (κ2) is 7.85. The summed E-state index contributed by atoms with van der Waals surface area (Å²) in [6.45, 7) is 2.84. The van der Waals surface area contributed by atoms with Gasteiger partial charge in [0.05, 0.1) is 6.54 Å². The number of amides is 4. The molecule has 8 heteroatoms. The summed E-state index contributed by atoms with van der Waals surface area (Å²) in [5, 5.41) is 2.85. The van der Waals surface area contributed by atoms with Crippen molar-refractivity contribution in [1.29, 1.82) is 0 Å². The Morgan fingerprint density at radius 1 is 1.17 bits per heavy atom. The van der Waals surface area contributed by atoms with Crippen molar-refractivity contribution in [3.05, 3.63) is 65.7 Å². The monoisotopic (exact) mass is 410 g/mol. The lowest BCUT2D eigenvalue weighted by Crippen LogP contribution is -2.54. The van der Waals surface area contributed by atoms with Gasteiger partial charge in [-0.05, 0) is 55.5 Å². The number of aromatic nitrogens is 1. The minimum atomic E-state index is -1.02. The van der Waals surface area contributed by atoms with Gasteiger partial charge in [-0.25, -0.2) is 9.18 Å². The lowest BCUT2D eigenvalue weighted by atomic mass is 9.79. The van der Waals surface area contributed by atoms with Crippen molar-refractivity contribution in [2.75, 3.05) is 13.1 Å². The second-order valence-corrected chi connectivity index (χ2v) is 7.93. The highest BCUT2D eigenvalue weighted by atomic mass is 19.1. The summed E-state index contributed by atoms with van der Waals surface area (Å²) in [4.78, 5) is 45.3. The minimum absolute atomic E-state index is 0.0834. The molecule has 0 bridgehead atoms. The number of nitrogens with one attached hydrogen (secondary N) is 1. The van der Waals surface area contributed by atoms with Gasteiger partial charge in [0, 0.05) is 19.3 Å². The number of nitrogens with zero attached hydrogens (tertiary/aromatic N) is 3. The lowest BCUT2D eigenvalue weighted by molar-refractivity contribution is -0.133. The molecule has 2 aromatic rings. The van der Waals surface area contributed by atoms with E-state index in [0.717, 1.165) is 0 Å². The molecule has 1 aromatic heterocycles. The van der Waals surface area contributed by atoms with E-state index in [4.69, 9.17) is 0 Å². The zero-order valence-corrected chi connectivity index (χ0v) is 16.7. The van der Waals surface area contributed by atoms with Crippen molar-refractivity contribution in [2.24, 2.45) is 5.92 Å². The van der Waals surface area contributed by atoms with Crippen LogP contribution in [0.25, 0.3) is 0 Å². The number of halogens is 1. The van der Waals surface area contributed by atoms with Crippen LogP contribution in [0.15, 0.2) is 48.7 Å². The fraction of sp³-hybridized carbons (Fsp3) is 0.364. The first-order chi connectivity index (χ1) is 14.4. The third kappa shape index (κ3) is 3.65. The van der Waals surface area contributed by atoms with Crippen LogP contribution in [0.4, 0.5) is 9.18 Å².